The summed E-state index contributed by atoms with van der Waals surface area (Å²) < 4.78 is 7.47. The third kappa shape index (κ3) is 3.07. The summed E-state index contributed by atoms with van der Waals surface area (Å²) in [6.07, 6.45) is 9.24. The van der Waals surface area contributed by atoms with E-state index in [4.69, 9.17) is 4.42 Å². The Morgan fingerprint density at radius 3 is 2.96 bits per heavy atom. The minimum atomic E-state index is 0.0424. The standard InChI is InChI=1S/C19H20N4O2/c1-14-16(6-7-17(21-14)18-5-3-11-25-18)19(24)22-9-2-4-15(12-22)23-10-8-20-13-23/h3,5-8,10-11,13,15H,2,4,9,12H2,1H3/t15-/m0/s1. The Balaban J connectivity index is 1.54. The molecule has 3 aromatic rings. The Kier molecular flexibility index (Phi) is 4.09. The van der Waals surface area contributed by atoms with E-state index in [2.05, 4.69) is 14.5 Å². The molecule has 0 aliphatic carbocycles. The molecule has 1 aliphatic rings. The summed E-state index contributed by atoms with van der Waals surface area (Å²) in [5, 5.41) is 0. The quantitative estimate of drug-likeness (QED) is 0.736. The molecule has 1 aliphatic heterocycles. The van der Waals surface area contributed by atoms with Gasteiger partial charge in [-0.25, -0.2) is 9.97 Å². The zero-order chi connectivity index (χ0) is 17.2. The van der Waals surface area contributed by atoms with Gasteiger partial charge in [0, 0.05) is 25.5 Å². The first-order chi connectivity index (χ1) is 12.2. The first-order valence-corrected chi connectivity index (χ1v) is 8.50. The molecule has 6 nitrogen and oxygen atoms in total. The molecule has 25 heavy (non-hydrogen) atoms. The molecule has 0 unspecified atom stereocenters. The summed E-state index contributed by atoms with van der Waals surface area (Å²) in [7, 11) is 0. The van der Waals surface area contributed by atoms with Crippen molar-refractivity contribution in [3.63, 3.8) is 0 Å². The molecule has 0 bridgehead atoms. The number of aromatic nitrogens is 3. The molecule has 1 atom stereocenters. The highest BCUT2D eigenvalue weighted by molar-refractivity contribution is 5.95. The van der Waals surface area contributed by atoms with Crippen molar-refractivity contribution in [3.8, 4) is 11.5 Å². The highest BCUT2D eigenvalue weighted by atomic mass is 16.3. The van der Waals surface area contributed by atoms with Crippen LogP contribution in [0.25, 0.3) is 11.5 Å². The average Bonchev–Trinajstić information content (AvgIpc) is 3.35. The zero-order valence-electron chi connectivity index (χ0n) is 14.1. The molecule has 0 radical (unpaired) electrons. The molecule has 1 amide bonds. The number of imidazole rings is 1. The van der Waals surface area contributed by atoms with E-state index >= 15 is 0 Å². The number of hydrogen-bond acceptors (Lipinski definition) is 4. The maximum Gasteiger partial charge on any atom is 0.255 e. The SMILES string of the molecule is Cc1nc(-c2ccco2)ccc1C(=O)N1CCC[C@H](n2ccnc2)C1. The molecule has 4 rings (SSSR count). The van der Waals surface area contributed by atoms with Crippen molar-refractivity contribution in [1.82, 2.24) is 19.4 Å². The average molecular weight is 336 g/mol. The number of hydrogen-bond donors (Lipinski definition) is 0. The molecule has 0 spiro atoms. The van der Waals surface area contributed by atoms with Gasteiger partial charge < -0.3 is 13.9 Å². The number of carbonyl (C=O) groups excluding carboxylic acids is 1. The Morgan fingerprint density at radius 2 is 2.24 bits per heavy atom. The van der Waals surface area contributed by atoms with Gasteiger partial charge in [-0.1, -0.05) is 0 Å². The van der Waals surface area contributed by atoms with Crippen molar-refractivity contribution in [2.45, 2.75) is 25.8 Å². The van der Waals surface area contributed by atoms with Gasteiger partial charge in [-0.2, -0.15) is 0 Å². The van der Waals surface area contributed by atoms with E-state index < -0.39 is 0 Å². The van der Waals surface area contributed by atoms with E-state index in [1.807, 2.05) is 48.6 Å². The largest absolute Gasteiger partial charge is 0.463 e. The van der Waals surface area contributed by atoms with Crippen LogP contribution in [0.1, 0.15) is 34.9 Å². The van der Waals surface area contributed by atoms with Crippen LogP contribution in [0.15, 0.2) is 53.7 Å². The fourth-order valence-electron chi connectivity index (χ4n) is 3.39. The number of likely N-dealkylation sites (tertiary alicyclic amines) is 1. The number of aryl methyl sites for hydroxylation is 1. The Hall–Kier alpha value is -2.89. The molecule has 6 heteroatoms. The van der Waals surface area contributed by atoms with Crippen LogP contribution in [-0.4, -0.2) is 38.4 Å². The van der Waals surface area contributed by atoms with Crippen LogP contribution >= 0.6 is 0 Å². The van der Waals surface area contributed by atoms with Crippen LogP contribution in [0, 0.1) is 6.92 Å². The van der Waals surface area contributed by atoms with E-state index in [9.17, 15) is 4.79 Å². The second-order valence-corrected chi connectivity index (χ2v) is 6.36. The topological polar surface area (TPSA) is 64.2 Å². The third-order valence-corrected chi connectivity index (χ3v) is 4.72. The summed E-state index contributed by atoms with van der Waals surface area (Å²) in [6, 6.07) is 7.68. The number of nitrogens with zero attached hydrogens (tertiary/aromatic N) is 4. The highest BCUT2D eigenvalue weighted by Crippen LogP contribution is 2.24. The molecule has 3 aromatic heterocycles. The van der Waals surface area contributed by atoms with Crippen molar-refractivity contribution in [2.24, 2.45) is 0 Å². The number of rotatable bonds is 3. The summed E-state index contributed by atoms with van der Waals surface area (Å²) in [6.45, 7) is 3.36. The number of carbonyl (C=O) groups is 1. The fraction of sp³-hybridized carbons (Fsp3) is 0.316. The molecule has 1 saturated heterocycles. The number of furan rings is 1. The van der Waals surface area contributed by atoms with Crippen molar-refractivity contribution in [1.29, 1.82) is 0 Å². The summed E-state index contributed by atoms with van der Waals surface area (Å²) >= 11 is 0. The van der Waals surface area contributed by atoms with Crippen LogP contribution in [0.2, 0.25) is 0 Å². The van der Waals surface area contributed by atoms with Crippen molar-refractivity contribution >= 4 is 5.91 Å². The number of amides is 1. The minimum absolute atomic E-state index is 0.0424. The van der Waals surface area contributed by atoms with Crippen molar-refractivity contribution in [3.05, 3.63) is 60.5 Å². The lowest BCUT2D eigenvalue weighted by atomic mass is 10.0. The van der Waals surface area contributed by atoms with Crippen LogP contribution in [0.5, 0.6) is 0 Å². The summed E-state index contributed by atoms with van der Waals surface area (Å²) in [5.41, 5.74) is 2.12. The van der Waals surface area contributed by atoms with Gasteiger partial charge in [0.05, 0.1) is 29.9 Å². The summed E-state index contributed by atoms with van der Waals surface area (Å²) in [4.78, 5) is 23.6. The second-order valence-electron chi connectivity index (χ2n) is 6.36. The number of pyridine rings is 1. The van der Waals surface area contributed by atoms with Gasteiger partial charge in [0.1, 0.15) is 5.69 Å². The van der Waals surface area contributed by atoms with Crippen LogP contribution in [0.3, 0.4) is 0 Å². The van der Waals surface area contributed by atoms with E-state index in [0.29, 0.717) is 17.9 Å². The normalized spacial score (nSPS) is 17.6. The first kappa shape index (κ1) is 15.6. The van der Waals surface area contributed by atoms with E-state index in [1.54, 1.807) is 12.5 Å². The Morgan fingerprint density at radius 1 is 1.32 bits per heavy atom. The molecule has 4 heterocycles. The lowest BCUT2D eigenvalue weighted by molar-refractivity contribution is 0.0678. The van der Waals surface area contributed by atoms with Gasteiger partial charge in [-0.3, -0.25) is 4.79 Å². The maximum absolute atomic E-state index is 13.0. The second kappa shape index (κ2) is 6.55. The van der Waals surface area contributed by atoms with E-state index in [0.717, 1.165) is 30.8 Å². The van der Waals surface area contributed by atoms with Gasteiger partial charge in [-0.15, -0.1) is 0 Å². The van der Waals surface area contributed by atoms with Crippen molar-refractivity contribution in [2.75, 3.05) is 13.1 Å². The highest BCUT2D eigenvalue weighted by Gasteiger charge is 2.26. The van der Waals surface area contributed by atoms with Gasteiger partial charge >= 0.3 is 0 Å². The molecular weight excluding hydrogens is 316 g/mol. The van der Waals surface area contributed by atoms with Gasteiger partial charge in [0.15, 0.2) is 5.76 Å². The Labute approximate surface area is 146 Å². The molecule has 128 valence electrons. The first-order valence-electron chi connectivity index (χ1n) is 8.50. The molecular formula is C19H20N4O2. The van der Waals surface area contributed by atoms with E-state index in [-0.39, 0.29) is 11.9 Å². The predicted octanol–water partition coefficient (Wildman–Crippen LogP) is 3.32. The molecule has 0 saturated carbocycles. The van der Waals surface area contributed by atoms with Crippen molar-refractivity contribution < 1.29 is 9.21 Å². The zero-order valence-corrected chi connectivity index (χ0v) is 14.1. The van der Waals surface area contributed by atoms with Gasteiger partial charge in [-0.05, 0) is 44.0 Å². The smallest absolute Gasteiger partial charge is 0.255 e. The van der Waals surface area contributed by atoms with Crippen LogP contribution in [0.4, 0.5) is 0 Å². The maximum atomic E-state index is 13.0. The van der Waals surface area contributed by atoms with Crippen LogP contribution in [-0.2, 0) is 0 Å². The van der Waals surface area contributed by atoms with Crippen LogP contribution < -0.4 is 0 Å². The molecule has 1 fully saturated rings. The van der Waals surface area contributed by atoms with E-state index in [1.165, 1.54) is 0 Å². The van der Waals surface area contributed by atoms with Gasteiger partial charge in [0.2, 0.25) is 0 Å². The Bertz CT molecular complexity index is 856. The molecule has 0 aromatic carbocycles. The minimum Gasteiger partial charge on any atom is -0.463 e. The monoisotopic (exact) mass is 336 g/mol. The van der Waals surface area contributed by atoms with Gasteiger partial charge in [0.25, 0.3) is 5.91 Å². The summed E-state index contributed by atoms with van der Waals surface area (Å²) in [5.74, 6) is 0.751. The number of piperidine rings is 1. The fourth-order valence-corrected chi connectivity index (χ4v) is 3.39. The predicted molar refractivity (Wildman–Crippen MR) is 93.1 cm³/mol. The lowest BCUT2D eigenvalue weighted by Crippen LogP contribution is -2.40. The lowest BCUT2D eigenvalue weighted by Gasteiger charge is -2.33. The molecule has 0 N–H and O–H groups in total. The third-order valence-electron chi connectivity index (χ3n) is 4.72.